The first-order valence-electron chi connectivity index (χ1n) is 10.6. The van der Waals surface area contributed by atoms with Gasteiger partial charge in [0.25, 0.3) is 5.91 Å². The average Bonchev–Trinajstić information content (AvgIpc) is 3.54. The molecule has 4 aliphatic rings. The highest BCUT2D eigenvalue weighted by atomic mass is 16.2. The fraction of sp³-hybridized carbons (Fsp3) is 0.476. The maximum Gasteiger partial charge on any atom is 0.259 e. The number of carbonyl (C=O) groups is 1. The summed E-state index contributed by atoms with van der Waals surface area (Å²) in [6, 6.07) is 9.45. The monoisotopic (exact) mass is 404 g/mol. The summed E-state index contributed by atoms with van der Waals surface area (Å²) >= 11 is 0. The summed E-state index contributed by atoms with van der Waals surface area (Å²) in [6.07, 6.45) is 5.39. The van der Waals surface area contributed by atoms with Gasteiger partial charge >= 0.3 is 0 Å². The molecular weight excluding hydrogens is 380 g/mol. The molecule has 4 aliphatic heterocycles. The minimum atomic E-state index is 0.00705. The summed E-state index contributed by atoms with van der Waals surface area (Å²) in [5.41, 5.74) is 3.10. The highest BCUT2D eigenvalue weighted by Gasteiger charge is 2.54. The lowest BCUT2D eigenvalue weighted by Crippen LogP contribution is -2.60. The number of tetrazole rings is 1. The standard InChI is InChI=1S/C21H24N8O/c1-13-2-4-14(5-3-13)17-11-28(18-15-6-8-27(9-7-15)19(17)18)21(30)16-10-22-24-20(16)29-12-23-25-26-29/h2-5,10,12,15,17-19H,6-9,11H2,1H3,(H,22,24)/t17-,18+,19+/m0/s1. The van der Waals surface area contributed by atoms with Crippen LogP contribution in [0.25, 0.3) is 5.82 Å². The molecule has 30 heavy (non-hydrogen) atoms. The molecule has 3 aromatic rings. The molecule has 0 spiro atoms. The van der Waals surface area contributed by atoms with E-state index in [2.05, 4.69) is 66.7 Å². The number of carbonyl (C=O) groups excluding carboxylic acids is 1. The summed E-state index contributed by atoms with van der Waals surface area (Å²) in [7, 11) is 0. The van der Waals surface area contributed by atoms with E-state index in [1.54, 1.807) is 6.20 Å². The van der Waals surface area contributed by atoms with Crippen molar-refractivity contribution in [3.8, 4) is 5.82 Å². The third kappa shape index (κ3) is 2.61. The van der Waals surface area contributed by atoms with E-state index in [9.17, 15) is 4.79 Å². The molecule has 1 amide bonds. The van der Waals surface area contributed by atoms with Crippen LogP contribution >= 0.6 is 0 Å². The lowest BCUT2D eigenvalue weighted by Gasteiger charge is -2.51. The Morgan fingerprint density at radius 3 is 2.67 bits per heavy atom. The van der Waals surface area contributed by atoms with Crippen LogP contribution in [-0.2, 0) is 0 Å². The van der Waals surface area contributed by atoms with E-state index < -0.39 is 0 Å². The van der Waals surface area contributed by atoms with Crippen LogP contribution in [0.5, 0.6) is 0 Å². The number of rotatable bonds is 3. The Kier molecular flexibility index (Phi) is 3.98. The van der Waals surface area contributed by atoms with Gasteiger partial charge < -0.3 is 4.90 Å². The molecule has 3 atom stereocenters. The largest absolute Gasteiger partial charge is 0.333 e. The van der Waals surface area contributed by atoms with Gasteiger partial charge in [-0.15, -0.1) is 5.10 Å². The molecule has 0 unspecified atom stereocenters. The molecule has 4 fully saturated rings. The predicted molar refractivity (Wildman–Crippen MR) is 108 cm³/mol. The van der Waals surface area contributed by atoms with Crippen molar-refractivity contribution < 1.29 is 4.79 Å². The number of benzene rings is 1. The van der Waals surface area contributed by atoms with Crippen LogP contribution in [0.1, 0.15) is 40.2 Å². The molecule has 0 saturated carbocycles. The van der Waals surface area contributed by atoms with E-state index in [-0.39, 0.29) is 11.9 Å². The number of piperidine rings is 3. The number of H-pyrrole nitrogens is 1. The molecule has 0 radical (unpaired) electrons. The normalized spacial score (nSPS) is 29.9. The number of aromatic amines is 1. The first kappa shape index (κ1) is 17.8. The molecule has 2 bridgehead atoms. The van der Waals surface area contributed by atoms with Gasteiger partial charge in [0.05, 0.1) is 12.2 Å². The number of aryl methyl sites for hydroxylation is 1. The smallest absolute Gasteiger partial charge is 0.259 e. The third-order valence-corrected chi connectivity index (χ3v) is 7.19. The van der Waals surface area contributed by atoms with Gasteiger partial charge in [0, 0.05) is 18.5 Å². The highest BCUT2D eigenvalue weighted by Crippen LogP contribution is 2.47. The van der Waals surface area contributed by atoms with E-state index in [1.165, 1.54) is 22.1 Å². The summed E-state index contributed by atoms with van der Waals surface area (Å²) in [4.78, 5) is 18.5. The van der Waals surface area contributed by atoms with Crippen molar-refractivity contribution in [1.82, 2.24) is 40.2 Å². The Bertz CT molecular complexity index is 1050. The maximum absolute atomic E-state index is 13.8. The number of nitrogens with one attached hydrogen (secondary N) is 1. The van der Waals surface area contributed by atoms with Gasteiger partial charge in [-0.2, -0.15) is 9.78 Å². The predicted octanol–water partition coefficient (Wildman–Crippen LogP) is 1.40. The van der Waals surface area contributed by atoms with E-state index in [0.717, 1.165) is 32.5 Å². The Balaban J connectivity index is 1.38. The SMILES string of the molecule is Cc1ccc([C@@H]2CN(C(=O)c3cn[nH]c3-n3cnnn3)[C@@H]3C4CCN(CC4)[C@@H]32)cc1. The molecule has 154 valence electrons. The van der Waals surface area contributed by atoms with Crippen LogP contribution in [0.2, 0.25) is 0 Å². The number of hydrogen-bond donors (Lipinski definition) is 1. The zero-order valence-corrected chi connectivity index (χ0v) is 16.8. The van der Waals surface area contributed by atoms with Crippen molar-refractivity contribution >= 4 is 5.91 Å². The van der Waals surface area contributed by atoms with Crippen LogP contribution in [0.4, 0.5) is 0 Å². The van der Waals surface area contributed by atoms with E-state index >= 15 is 0 Å². The van der Waals surface area contributed by atoms with Crippen molar-refractivity contribution in [2.24, 2.45) is 5.92 Å². The first-order chi connectivity index (χ1) is 14.7. The second-order valence-corrected chi connectivity index (χ2v) is 8.72. The minimum absolute atomic E-state index is 0.00705. The highest BCUT2D eigenvalue weighted by molar-refractivity contribution is 5.97. The number of hydrogen-bond acceptors (Lipinski definition) is 6. The van der Waals surface area contributed by atoms with Gasteiger partial charge in [-0.25, -0.2) is 0 Å². The van der Waals surface area contributed by atoms with Crippen molar-refractivity contribution in [1.29, 1.82) is 0 Å². The zero-order chi connectivity index (χ0) is 20.2. The molecule has 2 aromatic heterocycles. The van der Waals surface area contributed by atoms with E-state index in [0.29, 0.717) is 29.3 Å². The molecular formula is C21H24N8O. The van der Waals surface area contributed by atoms with Crippen molar-refractivity contribution in [2.45, 2.75) is 37.8 Å². The molecule has 1 aromatic carbocycles. The van der Waals surface area contributed by atoms with Crippen LogP contribution in [0.15, 0.2) is 36.8 Å². The molecule has 6 heterocycles. The molecule has 9 heteroatoms. The molecule has 4 saturated heterocycles. The Morgan fingerprint density at radius 1 is 1.13 bits per heavy atom. The fourth-order valence-corrected chi connectivity index (χ4v) is 5.79. The number of likely N-dealkylation sites (tertiary alicyclic amines) is 1. The summed E-state index contributed by atoms with van der Waals surface area (Å²) in [5.74, 6) is 1.41. The Hall–Kier alpha value is -3.07. The van der Waals surface area contributed by atoms with Crippen molar-refractivity contribution in [3.05, 3.63) is 53.5 Å². The minimum Gasteiger partial charge on any atom is -0.333 e. The van der Waals surface area contributed by atoms with E-state index in [4.69, 9.17) is 0 Å². The van der Waals surface area contributed by atoms with Crippen LogP contribution < -0.4 is 0 Å². The molecule has 1 N–H and O–H groups in total. The maximum atomic E-state index is 13.8. The number of fused-ring (bicyclic) bond motifs is 2. The lowest BCUT2D eigenvalue weighted by atomic mass is 9.75. The van der Waals surface area contributed by atoms with E-state index in [1.807, 2.05) is 0 Å². The zero-order valence-electron chi connectivity index (χ0n) is 16.8. The Morgan fingerprint density at radius 2 is 1.93 bits per heavy atom. The number of amides is 1. The van der Waals surface area contributed by atoms with Gasteiger partial charge in [0.2, 0.25) is 0 Å². The van der Waals surface area contributed by atoms with Gasteiger partial charge in [-0.3, -0.25) is 14.8 Å². The molecule has 9 nitrogen and oxygen atoms in total. The molecule has 7 rings (SSSR count). The van der Waals surface area contributed by atoms with Gasteiger partial charge in [0.15, 0.2) is 5.82 Å². The average molecular weight is 404 g/mol. The summed E-state index contributed by atoms with van der Waals surface area (Å²) < 4.78 is 1.46. The Labute approximate surface area is 174 Å². The van der Waals surface area contributed by atoms with Crippen LogP contribution in [0.3, 0.4) is 0 Å². The van der Waals surface area contributed by atoms with Crippen LogP contribution in [0, 0.1) is 12.8 Å². The second-order valence-electron chi connectivity index (χ2n) is 8.72. The molecule has 0 aliphatic carbocycles. The number of aromatic nitrogens is 6. The summed E-state index contributed by atoms with van der Waals surface area (Å²) in [5, 5.41) is 18.3. The lowest BCUT2D eigenvalue weighted by molar-refractivity contribution is -0.00340. The topological polar surface area (TPSA) is 95.8 Å². The summed E-state index contributed by atoms with van der Waals surface area (Å²) in [6.45, 7) is 5.11. The number of nitrogens with zero attached hydrogens (tertiary/aromatic N) is 7. The van der Waals surface area contributed by atoms with Crippen LogP contribution in [-0.4, -0.2) is 77.8 Å². The van der Waals surface area contributed by atoms with Gasteiger partial charge in [0.1, 0.15) is 11.9 Å². The first-order valence-corrected chi connectivity index (χ1v) is 10.6. The van der Waals surface area contributed by atoms with Crippen molar-refractivity contribution in [2.75, 3.05) is 19.6 Å². The quantitative estimate of drug-likeness (QED) is 0.709. The second kappa shape index (κ2) is 6.73. The third-order valence-electron chi connectivity index (χ3n) is 7.19. The van der Waals surface area contributed by atoms with Gasteiger partial charge in [-0.1, -0.05) is 29.8 Å². The van der Waals surface area contributed by atoms with Crippen molar-refractivity contribution in [3.63, 3.8) is 0 Å². The van der Waals surface area contributed by atoms with Gasteiger partial charge in [-0.05, 0) is 54.8 Å². The fourth-order valence-electron chi connectivity index (χ4n) is 5.79.